The van der Waals surface area contributed by atoms with Crippen molar-refractivity contribution >= 4 is 17.4 Å². The predicted octanol–water partition coefficient (Wildman–Crippen LogP) is 3.42. The minimum Gasteiger partial charge on any atom is -0.454 e. The monoisotopic (exact) mass is 401 g/mol. The van der Waals surface area contributed by atoms with Crippen LogP contribution in [0.3, 0.4) is 0 Å². The molecule has 6 nitrogen and oxygen atoms in total. The number of carbonyl (C=O) groups excluding carboxylic acids is 2. The number of benzene rings is 3. The molecular formula is C24H19NO5. The SMILES string of the molecule is O=C(C[C@@]1(O)C(=O)N(Cc2ccccc2)c2ccccc21)c1ccc2c(c1)OCO2. The Balaban J connectivity index is 1.46. The third-order valence-electron chi connectivity index (χ3n) is 5.53. The molecule has 5 rings (SSSR count). The summed E-state index contributed by atoms with van der Waals surface area (Å²) < 4.78 is 10.6. The Labute approximate surface area is 173 Å². The molecule has 0 spiro atoms. The first-order valence-electron chi connectivity index (χ1n) is 9.67. The Kier molecular flexibility index (Phi) is 4.29. The van der Waals surface area contributed by atoms with Crippen LogP contribution in [0.2, 0.25) is 0 Å². The van der Waals surface area contributed by atoms with Crippen molar-refractivity contribution < 1.29 is 24.2 Å². The number of ketones is 1. The molecule has 0 aliphatic carbocycles. The molecule has 1 N–H and O–H groups in total. The van der Waals surface area contributed by atoms with Gasteiger partial charge in [0, 0.05) is 11.1 Å². The number of hydrogen-bond donors (Lipinski definition) is 1. The first-order valence-corrected chi connectivity index (χ1v) is 9.67. The molecule has 2 aliphatic heterocycles. The fraction of sp³-hybridized carbons (Fsp3) is 0.167. The Morgan fingerprint density at radius 3 is 2.53 bits per heavy atom. The summed E-state index contributed by atoms with van der Waals surface area (Å²) >= 11 is 0. The molecule has 0 unspecified atom stereocenters. The summed E-state index contributed by atoms with van der Waals surface area (Å²) in [6, 6.07) is 21.5. The van der Waals surface area contributed by atoms with Crippen LogP contribution in [0.5, 0.6) is 11.5 Å². The lowest BCUT2D eigenvalue weighted by Crippen LogP contribution is -2.41. The van der Waals surface area contributed by atoms with E-state index in [2.05, 4.69) is 0 Å². The fourth-order valence-electron chi connectivity index (χ4n) is 4.00. The second kappa shape index (κ2) is 7.00. The number of amides is 1. The van der Waals surface area contributed by atoms with Crippen LogP contribution in [0.4, 0.5) is 5.69 Å². The Bertz CT molecular complexity index is 1140. The molecule has 1 atom stereocenters. The van der Waals surface area contributed by atoms with Gasteiger partial charge in [0.05, 0.1) is 18.7 Å². The summed E-state index contributed by atoms with van der Waals surface area (Å²) in [5.74, 6) is 0.209. The van der Waals surface area contributed by atoms with E-state index >= 15 is 0 Å². The largest absolute Gasteiger partial charge is 0.454 e. The standard InChI is InChI=1S/C24H19NO5/c26-20(17-10-11-21-22(12-17)30-15-29-21)13-24(28)18-8-4-5-9-19(18)25(23(24)27)14-16-6-2-1-3-7-16/h1-12,28H,13-15H2/t24-/m0/s1. The molecule has 1 amide bonds. The van der Waals surface area contributed by atoms with Crippen molar-refractivity contribution in [2.45, 2.75) is 18.6 Å². The van der Waals surface area contributed by atoms with Crippen molar-refractivity contribution in [3.8, 4) is 11.5 Å². The van der Waals surface area contributed by atoms with Crippen molar-refractivity contribution in [3.05, 3.63) is 89.5 Å². The molecule has 6 heteroatoms. The van der Waals surface area contributed by atoms with Crippen molar-refractivity contribution in [1.82, 2.24) is 0 Å². The average molecular weight is 401 g/mol. The second-order valence-corrected chi connectivity index (χ2v) is 7.42. The van der Waals surface area contributed by atoms with Crippen molar-refractivity contribution in [3.63, 3.8) is 0 Å². The van der Waals surface area contributed by atoms with Crippen LogP contribution in [0, 0.1) is 0 Å². The Morgan fingerprint density at radius 2 is 1.70 bits per heavy atom. The summed E-state index contributed by atoms with van der Waals surface area (Å²) in [5, 5.41) is 11.4. The van der Waals surface area contributed by atoms with E-state index in [-0.39, 0.29) is 19.0 Å². The lowest BCUT2D eigenvalue weighted by atomic mass is 9.88. The van der Waals surface area contributed by atoms with Gasteiger partial charge in [-0.15, -0.1) is 0 Å². The highest BCUT2D eigenvalue weighted by atomic mass is 16.7. The summed E-state index contributed by atoms with van der Waals surface area (Å²) in [4.78, 5) is 27.9. The molecule has 3 aromatic carbocycles. The van der Waals surface area contributed by atoms with Gasteiger partial charge in [-0.3, -0.25) is 9.59 Å². The molecule has 0 saturated carbocycles. The third kappa shape index (κ3) is 2.93. The Hall–Kier alpha value is -3.64. The van der Waals surface area contributed by atoms with Gasteiger partial charge in [-0.1, -0.05) is 48.5 Å². The molecule has 150 valence electrons. The average Bonchev–Trinajstić information content (AvgIpc) is 3.32. The number of aliphatic hydroxyl groups is 1. The molecule has 0 saturated heterocycles. The number of hydrogen-bond acceptors (Lipinski definition) is 5. The highest BCUT2D eigenvalue weighted by Crippen LogP contribution is 2.44. The van der Waals surface area contributed by atoms with E-state index in [4.69, 9.17) is 9.47 Å². The molecule has 0 radical (unpaired) electrons. The zero-order valence-corrected chi connectivity index (χ0v) is 16.1. The summed E-state index contributed by atoms with van der Waals surface area (Å²) in [6.45, 7) is 0.425. The maximum absolute atomic E-state index is 13.3. The highest BCUT2D eigenvalue weighted by Gasteiger charge is 2.50. The predicted molar refractivity (Wildman–Crippen MR) is 109 cm³/mol. The molecule has 3 aromatic rings. The second-order valence-electron chi connectivity index (χ2n) is 7.42. The fourth-order valence-corrected chi connectivity index (χ4v) is 4.00. The minimum atomic E-state index is -1.92. The van der Waals surface area contributed by atoms with Gasteiger partial charge in [-0.05, 0) is 29.8 Å². The quantitative estimate of drug-likeness (QED) is 0.663. The zero-order chi connectivity index (χ0) is 20.7. The Morgan fingerprint density at radius 1 is 0.967 bits per heavy atom. The molecular weight excluding hydrogens is 382 g/mol. The third-order valence-corrected chi connectivity index (χ3v) is 5.53. The number of para-hydroxylation sites is 1. The van der Waals surface area contributed by atoms with Gasteiger partial charge in [0.15, 0.2) is 22.9 Å². The lowest BCUT2D eigenvalue weighted by molar-refractivity contribution is -0.136. The lowest BCUT2D eigenvalue weighted by Gasteiger charge is -2.23. The van der Waals surface area contributed by atoms with Gasteiger partial charge in [-0.25, -0.2) is 0 Å². The molecule has 0 bridgehead atoms. The van der Waals surface area contributed by atoms with E-state index in [0.29, 0.717) is 34.9 Å². The number of fused-ring (bicyclic) bond motifs is 2. The minimum absolute atomic E-state index is 0.108. The number of Topliss-reactive ketones (excluding diaryl/α,β-unsaturated/α-hetero) is 1. The van der Waals surface area contributed by atoms with E-state index < -0.39 is 11.5 Å². The van der Waals surface area contributed by atoms with E-state index in [9.17, 15) is 14.7 Å². The topological polar surface area (TPSA) is 76.1 Å². The van der Waals surface area contributed by atoms with Crippen molar-refractivity contribution in [1.29, 1.82) is 0 Å². The van der Waals surface area contributed by atoms with Gasteiger partial charge in [-0.2, -0.15) is 0 Å². The van der Waals surface area contributed by atoms with Gasteiger partial charge >= 0.3 is 0 Å². The van der Waals surface area contributed by atoms with E-state index in [1.807, 2.05) is 36.4 Å². The smallest absolute Gasteiger partial charge is 0.264 e. The summed E-state index contributed by atoms with van der Waals surface area (Å²) in [5.41, 5.74) is 0.442. The number of ether oxygens (including phenoxy) is 2. The molecule has 0 fully saturated rings. The van der Waals surface area contributed by atoms with Gasteiger partial charge < -0.3 is 19.5 Å². The van der Waals surface area contributed by atoms with Crippen molar-refractivity contribution in [2.24, 2.45) is 0 Å². The van der Waals surface area contributed by atoms with E-state index in [1.54, 1.807) is 36.4 Å². The van der Waals surface area contributed by atoms with Crippen LogP contribution < -0.4 is 14.4 Å². The van der Waals surface area contributed by atoms with Crippen LogP contribution in [0.25, 0.3) is 0 Å². The van der Waals surface area contributed by atoms with E-state index in [1.165, 1.54) is 4.90 Å². The number of rotatable bonds is 5. The number of anilines is 1. The van der Waals surface area contributed by atoms with Crippen LogP contribution in [0.15, 0.2) is 72.8 Å². The van der Waals surface area contributed by atoms with E-state index in [0.717, 1.165) is 5.56 Å². The van der Waals surface area contributed by atoms with Crippen LogP contribution in [-0.2, 0) is 16.9 Å². The zero-order valence-electron chi connectivity index (χ0n) is 16.1. The first kappa shape index (κ1) is 18.4. The van der Waals surface area contributed by atoms with Crippen LogP contribution >= 0.6 is 0 Å². The summed E-state index contributed by atoms with van der Waals surface area (Å²) in [7, 11) is 0. The molecule has 2 heterocycles. The van der Waals surface area contributed by atoms with Gasteiger partial charge in [0.1, 0.15) is 0 Å². The number of nitrogens with zero attached hydrogens (tertiary/aromatic N) is 1. The molecule has 30 heavy (non-hydrogen) atoms. The summed E-state index contributed by atoms with van der Waals surface area (Å²) in [6.07, 6.45) is -0.353. The van der Waals surface area contributed by atoms with Gasteiger partial charge in [0.25, 0.3) is 5.91 Å². The molecule has 0 aromatic heterocycles. The normalized spacial score (nSPS) is 19.1. The van der Waals surface area contributed by atoms with Crippen LogP contribution in [0.1, 0.15) is 27.9 Å². The first-order chi connectivity index (χ1) is 14.6. The van der Waals surface area contributed by atoms with Gasteiger partial charge in [0.2, 0.25) is 6.79 Å². The van der Waals surface area contributed by atoms with Crippen LogP contribution in [-0.4, -0.2) is 23.6 Å². The highest BCUT2D eigenvalue weighted by molar-refractivity contribution is 6.10. The van der Waals surface area contributed by atoms with Crippen molar-refractivity contribution in [2.75, 3.05) is 11.7 Å². The molecule has 2 aliphatic rings. The maximum Gasteiger partial charge on any atom is 0.264 e. The number of carbonyl (C=O) groups is 2. The maximum atomic E-state index is 13.3.